The number of nitrogens with one attached hydrogen (secondary N) is 2. The third-order valence-corrected chi connectivity index (χ3v) is 6.20. The Labute approximate surface area is 180 Å². The second-order valence-electron chi connectivity index (χ2n) is 8.02. The van der Waals surface area contributed by atoms with E-state index in [1.165, 1.54) is 0 Å². The van der Waals surface area contributed by atoms with Crippen LogP contribution in [-0.4, -0.2) is 28.7 Å². The summed E-state index contributed by atoms with van der Waals surface area (Å²) in [5.41, 5.74) is 5.02. The number of hydrogen-bond donors (Lipinski definition) is 2. The maximum Gasteiger partial charge on any atom is 0.254 e. The molecule has 2 N–H and O–H groups in total. The molecule has 3 aromatic carbocycles. The second-order valence-corrected chi connectivity index (χ2v) is 8.02. The number of hydrogen-bond acceptors (Lipinski definition) is 2. The summed E-state index contributed by atoms with van der Waals surface area (Å²) >= 11 is 0. The number of aromatic amines is 1. The van der Waals surface area contributed by atoms with Gasteiger partial charge in [-0.15, -0.1) is 0 Å². The van der Waals surface area contributed by atoms with Gasteiger partial charge in [0, 0.05) is 41.0 Å². The molecule has 5 nitrogen and oxygen atoms in total. The molecule has 4 aromatic rings. The molecule has 0 spiro atoms. The van der Waals surface area contributed by atoms with Gasteiger partial charge in [0.15, 0.2) is 0 Å². The number of rotatable bonds is 3. The Bertz CT molecular complexity index is 1310. The maximum atomic E-state index is 13.7. The molecule has 0 bridgehead atoms. The first-order valence-corrected chi connectivity index (χ1v) is 10.3. The van der Waals surface area contributed by atoms with Crippen molar-refractivity contribution in [2.45, 2.75) is 18.9 Å². The van der Waals surface area contributed by atoms with Crippen LogP contribution < -0.4 is 5.32 Å². The molecule has 31 heavy (non-hydrogen) atoms. The molecular formula is C26H23N3O2. The van der Waals surface area contributed by atoms with E-state index in [2.05, 4.69) is 10.3 Å². The third-order valence-electron chi connectivity index (χ3n) is 6.20. The van der Waals surface area contributed by atoms with Crippen LogP contribution in [0.4, 0.5) is 5.69 Å². The Morgan fingerprint density at radius 3 is 2.48 bits per heavy atom. The summed E-state index contributed by atoms with van der Waals surface area (Å²) in [6.07, 6.45) is 1.92. The Morgan fingerprint density at radius 1 is 0.935 bits per heavy atom. The van der Waals surface area contributed by atoms with Gasteiger partial charge in [0.05, 0.1) is 12.0 Å². The molecule has 1 aromatic heterocycles. The van der Waals surface area contributed by atoms with E-state index in [0.29, 0.717) is 5.56 Å². The fraction of sp³-hybridized carbons (Fsp3) is 0.154. The summed E-state index contributed by atoms with van der Waals surface area (Å²) in [5, 5.41) is 4.12. The molecule has 0 saturated heterocycles. The van der Waals surface area contributed by atoms with Crippen LogP contribution in [0.1, 0.15) is 39.0 Å². The number of nitrogens with zero attached hydrogens (tertiary/aromatic N) is 1. The normalized spacial score (nSPS) is 18.1. The Morgan fingerprint density at radius 2 is 1.65 bits per heavy atom. The number of aromatic nitrogens is 1. The Hall–Kier alpha value is -3.86. The van der Waals surface area contributed by atoms with Crippen molar-refractivity contribution in [1.29, 1.82) is 0 Å². The van der Waals surface area contributed by atoms with E-state index in [0.717, 1.165) is 33.3 Å². The average molecular weight is 409 g/mol. The van der Waals surface area contributed by atoms with Crippen LogP contribution >= 0.6 is 0 Å². The van der Waals surface area contributed by atoms with Crippen molar-refractivity contribution >= 4 is 28.4 Å². The van der Waals surface area contributed by atoms with Crippen LogP contribution in [0.15, 0.2) is 79.0 Å². The highest BCUT2D eigenvalue weighted by atomic mass is 16.2. The maximum absolute atomic E-state index is 13.7. The van der Waals surface area contributed by atoms with E-state index >= 15 is 0 Å². The molecule has 2 amide bonds. The highest BCUT2D eigenvalue weighted by Crippen LogP contribution is 2.44. The lowest BCUT2D eigenvalue weighted by molar-refractivity contribution is -0.119. The van der Waals surface area contributed by atoms with E-state index in [4.69, 9.17) is 0 Å². The number of para-hydroxylation sites is 2. The first-order valence-electron chi connectivity index (χ1n) is 10.3. The van der Waals surface area contributed by atoms with Crippen LogP contribution in [0, 0.1) is 6.92 Å². The predicted octanol–water partition coefficient (Wildman–Crippen LogP) is 5.03. The lowest BCUT2D eigenvalue weighted by Crippen LogP contribution is -2.44. The molecule has 5 rings (SSSR count). The quantitative estimate of drug-likeness (QED) is 0.499. The van der Waals surface area contributed by atoms with Crippen molar-refractivity contribution in [3.63, 3.8) is 0 Å². The summed E-state index contributed by atoms with van der Waals surface area (Å²) in [6, 6.07) is 22.7. The zero-order chi connectivity index (χ0) is 21.5. The van der Waals surface area contributed by atoms with Crippen molar-refractivity contribution in [2.24, 2.45) is 0 Å². The fourth-order valence-electron chi connectivity index (χ4n) is 4.61. The van der Waals surface area contributed by atoms with Crippen LogP contribution in [0.2, 0.25) is 0 Å². The molecule has 2 unspecified atom stereocenters. The predicted molar refractivity (Wildman–Crippen MR) is 122 cm³/mol. The van der Waals surface area contributed by atoms with Crippen LogP contribution in [0.5, 0.6) is 0 Å². The fourth-order valence-corrected chi connectivity index (χ4v) is 4.61. The molecule has 0 aliphatic carbocycles. The van der Waals surface area contributed by atoms with E-state index in [1.807, 2.05) is 79.9 Å². The molecule has 0 radical (unpaired) electrons. The van der Waals surface area contributed by atoms with Crippen LogP contribution in [0.3, 0.4) is 0 Å². The number of amides is 2. The molecule has 0 saturated carbocycles. The van der Waals surface area contributed by atoms with E-state index in [1.54, 1.807) is 18.0 Å². The number of likely N-dealkylation sites (N-methyl/N-ethyl adjacent to an activating group) is 1. The first-order chi connectivity index (χ1) is 15.1. The molecule has 0 fully saturated rings. The lowest BCUT2D eigenvalue weighted by Gasteiger charge is -2.39. The van der Waals surface area contributed by atoms with Crippen molar-refractivity contribution in [3.8, 4) is 0 Å². The van der Waals surface area contributed by atoms with Gasteiger partial charge in [-0.3, -0.25) is 9.59 Å². The molecule has 154 valence electrons. The number of carbonyl (C=O) groups excluding carboxylic acids is 2. The number of carbonyl (C=O) groups is 2. The summed E-state index contributed by atoms with van der Waals surface area (Å²) in [5.74, 6) is -0.750. The van der Waals surface area contributed by atoms with Gasteiger partial charge >= 0.3 is 0 Å². The van der Waals surface area contributed by atoms with Gasteiger partial charge < -0.3 is 15.2 Å². The van der Waals surface area contributed by atoms with Gasteiger partial charge in [0.25, 0.3) is 5.91 Å². The van der Waals surface area contributed by atoms with Gasteiger partial charge in [-0.1, -0.05) is 54.6 Å². The van der Waals surface area contributed by atoms with Gasteiger partial charge in [-0.05, 0) is 36.2 Å². The zero-order valence-corrected chi connectivity index (χ0v) is 17.4. The third kappa shape index (κ3) is 3.10. The molecule has 2 heterocycles. The summed E-state index contributed by atoms with van der Waals surface area (Å²) in [4.78, 5) is 31.9. The summed E-state index contributed by atoms with van der Waals surface area (Å²) < 4.78 is 0. The van der Waals surface area contributed by atoms with Gasteiger partial charge in [-0.25, -0.2) is 0 Å². The number of anilines is 1. The molecule has 5 heteroatoms. The zero-order valence-electron chi connectivity index (χ0n) is 17.4. The van der Waals surface area contributed by atoms with Crippen molar-refractivity contribution in [1.82, 2.24) is 9.88 Å². The highest BCUT2D eigenvalue weighted by molar-refractivity contribution is 6.05. The average Bonchev–Trinajstić information content (AvgIpc) is 3.21. The minimum Gasteiger partial charge on any atom is -0.361 e. The Balaban J connectivity index is 1.67. The topological polar surface area (TPSA) is 65.2 Å². The minimum absolute atomic E-state index is 0.0779. The Kier molecular flexibility index (Phi) is 4.59. The molecule has 1 aliphatic rings. The summed E-state index contributed by atoms with van der Waals surface area (Å²) in [6.45, 7) is 1.97. The van der Waals surface area contributed by atoms with Crippen molar-refractivity contribution < 1.29 is 9.59 Å². The van der Waals surface area contributed by atoms with Crippen LogP contribution in [0.25, 0.3) is 10.9 Å². The highest BCUT2D eigenvalue weighted by Gasteiger charge is 2.43. The smallest absolute Gasteiger partial charge is 0.254 e. The number of aryl methyl sites for hydroxylation is 1. The SMILES string of the molecule is Cc1ccccc1NC(=O)C1c2ccccc2C(=O)N(C)C1c1c[nH]c2ccccc12. The van der Waals surface area contributed by atoms with E-state index in [-0.39, 0.29) is 11.8 Å². The number of fused-ring (bicyclic) bond motifs is 2. The summed E-state index contributed by atoms with van der Waals surface area (Å²) in [7, 11) is 1.78. The molecular weight excluding hydrogens is 386 g/mol. The van der Waals surface area contributed by atoms with E-state index < -0.39 is 12.0 Å². The van der Waals surface area contributed by atoms with Gasteiger partial charge in [-0.2, -0.15) is 0 Å². The number of H-pyrrole nitrogens is 1. The second kappa shape index (κ2) is 7.43. The lowest BCUT2D eigenvalue weighted by atomic mass is 9.79. The molecule has 1 aliphatic heterocycles. The van der Waals surface area contributed by atoms with Crippen LogP contribution in [-0.2, 0) is 4.79 Å². The van der Waals surface area contributed by atoms with Gasteiger partial charge in [0.1, 0.15) is 0 Å². The standard InChI is InChI=1S/C26H23N3O2/c1-16-9-3-7-13-21(16)28-25(30)23-18-11-4-5-12-19(18)26(31)29(2)24(23)20-15-27-22-14-8-6-10-17(20)22/h3-15,23-24,27H,1-2H3,(H,28,30). The van der Waals surface area contributed by atoms with E-state index in [9.17, 15) is 9.59 Å². The largest absolute Gasteiger partial charge is 0.361 e. The van der Waals surface area contributed by atoms with Crippen molar-refractivity contribution in [3.05, 3.63) is 101 Å². The minimum atomic E-state index is -0.544. The number of benzene rings is 3. The monoisotopic (exact) mass is 409 g/mol. The first kappa shape index (κ1) is 19.1. The van der Waals surface area contributed by atoms with Gasteiger partial charge in [0.2, 0.25) is 5.91 Å². The molecule has 2 atom stereocenters. The van der Waals surface area contributed by atoms with Crippen molar-refractivity contribution in [2.75, 3.05) is 12.4 Å².